The fourth-order valence-corrected chi connectivity index (χ4v) is 9.26. The van der Waals surface area contributed by atoms with Crippen molar-refractivity contribution in [3.05, 3.63) is 59.8 Å². The van der Waals surface area contributed by atoms with Crippen molar-refractivity contribution < 1.29 is 32.9 Å². The van der Waals surface area contributed by atoms with Crippen LogP contribution in [0.2, 0.25) is 0 Å². The van der Waals surface area contributed by atoms with E-state index in [2.05, 4.69) is 27.4 Å². The van der Waals surface area contributed by atoms with Crippen LogP contribution in [0.1, 0.15) is 37.7 Å². The van der Waals surface area contributed by atoms with Gasteiger partial charge in [-0.25, -0.2) is 13.6 Å². The lowest BCUT2D eigenvalue weighted by molar-refractivity contribution is 0.0512. The van der Waals surface area contributed by atoms with Crippen molar-refractivity contribution in [3.8, 4) is 35.4 Å². The van der Waals surface area contributed by atoms with Crippen LogP contribution in [0.3, 0.4) is 0 Å². The van der Waals surface area contributed by atoms with Gasteiger partial charge in [0, 0.05) is 49.9 Å². The molecule has 2 aromatic heterocycles. The lowest BCUT2D eigenvalue weighted by atomic mass is 9.92. The zero-order chi connectivity index (χ0) is 35.2. The molecule has 2 aromatic carbocycles. The number of benzene rings is 2. The Hall–Kier alpha value is -5.06. The van der Waals surface area contributed by atoms with E-state index in [1.807, 2.05) is 4.90 Å². The van der Waals surface area contributed by atoms with Gasteiger partial charge in [0.25, 0.3) is 0 Å². The second-order valence-corrected chi connectivity index (χ2v) is 14.5. The molecule has 1 aliphatic carbocycles. The zero-order valence-electron chi connectivity index (χ0n) is 28.1. The Morgan fingerprint density at radius 2 is 1.98 bits per heavy atom. The number of fused-ring (bicyclic) bond motifs is 7. The average molecular weight is 695 g/mol. The third kappa shape index (κ3) is 5.06. The van der Waals surface area contributed by atoms with Gasteiger partial charge < -0.3 is 24.2 Å². The number of terminal acetylenes is 1. The van der Waals surface area contributed by atoms with Crippen molar-refractivity contribution in [2.45, 2.75) is 55.8 Å². The zero-order valence-corrected chi connectivity index (χ0v) is 28.1. The van der Waals surface area contributed by atoms with E-state index in [0.717, 1.165) is 32.2 Å². The summed E-state index contributed by atoms with van der Waals surface area (Å²) in [6.45, 7) is 6.14. The van der Waals surface area contributed by atoms with E-state index in [9.17, 15) is 9.90 Å². The normalized spacial score (nSPS) is 26.4. The molecular formula is C38H36F2N6O5. The highest BCUT2D eigenvalue weighted by atomic mass is 19.1. The summed E-state index contributed by atoms with van der Waals surface area (Å²) < 4.78 is 49.5. The molecule has 4 aromatic rings. The average Bonchev–Trinajstić information content (AvgIpc) is 3.58. The van der Waals surface area contributed by atoms with Gasteiger partial charge >= 0.3 is 12.1 Å². The second kappa shape index (κ2) is 11.7. The molecule has 1 amide bonds. The lowest BCUT2D eigenvalue weighted by Gasteiger charge is -2.40. The summed E-state index contributed by atoms with van der Waals surface area (Å²) in [6, 6.07) is 6.17. The van der Waals surface area contributed by atoms with E-state index in [0.29, 0.717) is 59.4 Å². The van der Waals surface area contributed by atoms with Crippen LogP contribution in [0.4, 0.5) is 19.4 Å². The summed E-state index contributed by atoms with van der Waals surface area (Å²) in [5, 5.41) is 11.1. The summed E-state index contributed by atoms with van der Waals surface area (Å²) in [5.41, 5.74) is 1.04. The Morgan fingerprint density at radius 1 is 1.18 bits per heavy atom. The molecule has 1 saturated carbocycles. The number of carboxylic acid groups (broad SMARTS) is 1. The number of ether oxygens (including phenoxy) is 3. The van der Waals surface area contributed by atoms with Gasteiger partial charge in [0.05, 0.1) is 28.6 Å². The summed E-state index contributed by atoms with van der Waals surface area (Å²) in [4.78, 5) is 32.2. The van der Waals surface area contributed by atoms with E-state index in [4.69, 9.17) is 25.6 Å². The maximum Gasteiger partial charge on any atom is 0.407 e. The number of methoxy groups -OCH3 is 1. The Bertz CT molecular complexity index is 2180. The molecule has 1 N–H and O–H groups in total. The fraction of sp³-hybridized carbons (Fsp3) is 0.421. The van der Waals surface area contributed by atoms with Crippen LogP contribution in [0.5, 0.6) is 11.8 Å². The topological polar surface area (TPSA) is 113 Å². The first kappa shape index (κ1) is 31.9. The van der Waals surface area contributed by atoms with Gasteiger partial charge in [0.2, 0.25) is 0 Å². The van der Waals surface area contributed by atoms with Crippen molar-refractivity contribution >= 4 is 33.6 Å². The van der Waals surface area contributed by atoms with Crippen molar-refractivity contribution in [2.24, 2.45) is 5.92 Å². The third-order valence-electron chi connectivity index (χ3n) is 11.4. The molecule has 9 rings (SSSR count). The number of aromatic nitrogens is 3. The number of anilines is 1. The SMILES string of the molecule is C#Cc1c(F)ccc2cc(OCOC)cc(-c3ncc4c(N5C[C@H]6CC[C@@H](C5)N6C(=O)O)nc(OCC56CC(=C)CN5[C@H]5C[C@H]5C6)nc4c3F)c12. The molecule has 0 spiro atoms. The highest BCUT2D eigenvalue weighted by molar-refractivity contribution is 6.03. The van der Waals surface area contributed by atoms with Crippen LogP contribution in [-0.4, -0.2) is 99.8 Å². The van der Waals surface area contributed by atoms with Crippen molar-refractivity contribution in [3.63, 3.8) is 0 Å². The minimum absolute atomic E-state index is 0.0198. The molecule has 5 fully saturated rings. The molecule has 0 radical (unpaired) electrons. The molecule has 262 valence electrons. The summed E-state index contributed by atoms with van der Waals surface area (Å²) in [7, 11) is 1.48. The predicted molar refractivity (Wildman–Crippen MR) is 185 cm³/mol. The van der Waals surface area contributed by atoms with Crippen molar-refractivity contribution in [1.29, 1.82) is 0 Å². The molecule has 4 saturated heterocycles. The van der Waals surface area contributed by atoms with Gasteiger partial charge in [-0.15, -0.1) is 6.42 Å². The van der Waals surface area contributed by atoms with Gasteiger partial charge in [-0.1, -0.05) is 24.1 Å². The summed E-state index contributed by atoms with van der Waals surface area (Å²) in [5.74, 6) is 2.47. The summed E-state index contributed by atoms with van der Waals surface area (Å²) >= 11 is 0. The first-order valence-electron chi connectivity index (χ1n) is 17.2. The van der Waals surface area contributed by atoms with Crippen LogP contribution in [0, 0.1) is 29.9 Å². The quantitative estimate of drug-likeness (QED) is 0.142. The third-order valence-corrected chi connectivity index (χ3v) is 11.4. The first-order chi connectivity index (χ1) is 24.7. The number of amides is 1. The van der Waals surface area contributed by atoms with Crippen molar-refractivity contribution in [2.75, 3.05) is 45.0 Å². The summed E-state index contributed by atoms with van der Waals surface area (Å²) in [6.07, 6.45) is 10.8. The molecule has 51 heavy (non-hydrogen) atoms. The van der Waals surface area contributed by atoms with Crippen LogP contribution >= 0.6 is 0 Å². The second-order valence-electron chi connectivity index (χ2n) is 14.5. The van der Waals surface area contributed by atoms with Crippen LogP contribution in [-0.2, 0) is 4.74 Å². The molecule has 1 unspecified atom stereocenters. The molecule has 5 atom stereocenters. The van der Waals surface area contributed by atoms with Crippen molar-refractivity contribution in [1.82, 2.24) is 24.8 Å². The van der Waals surface area contributed by atoms with Gasteiger partial charge in [-0.05, 0) is 61.6 Å². The van der Waals surface area contributed by atoms with E-state index >= 15 is 8.78 Å². The number of nitrogens with zero attached hydrogens (tertiary/aromatic N) is 6. The number of pyridine rings is 1. The Morgan fingerprint density at radius 3 is 2.73 bits per heavy atom. The monoisotopic (exact) mass is 694 g/mol. The van der Waals surface area contributed by atoms with Crippen LogP contribution in [0.25, 0.3) is 32.9 Å². The highest BCUT2D eigenvalue weighted by Crippen LogP contribution is 2.57. The fourth-order valence-electron chi connectivity index (χ4n) is 9.26. The van der Waals surface area contributed by atoms with E-state index in [-0.39, 0.29) is 52.8 Å². The van der Waals surface area contributed by atoms with Gasteiger partial charge in [-0.2, -0.15) is 9.97 Å². The molecule has 2 bridgehead atoms. The number of halogens is 2. The van der Waals surface area contributed by atoms with Gasteiger partial charge in [0.15, 0.2) is 12.6 Å². The number of carbonyl (C=O) groups is 1. The Balaban J connectivity index is 1.18. The minimum Gasteiger partial charge on any atom is -0.468 e. The molecule has 5 aliphatic rings. The van der Waals surface area contributed by atoms with Crippen LogP contribution in [0.15, 0.2) is 42.6 Å². The minimum atomic E-state index is -0.945. The lowest BCUT2D eigenvalue weighted by Crippen LogP contribution is -2.55. The maximum atomic E-state index is 17.2. The number of piperidine rings is 1. The van der Waals surface area contributed by atoms with Gasteiger partial charge in [-0.3, -0.25) is 14.8 Å². The molecular weight excluding hydrogens is 658 g/mol. The van der Waals surface area contributed by atoms with E-state index < -0.39 is 17.7 Å². The molecule has 11 nitrogen and oxygen atoms in total. The number of piperazine rings is 1. The van der Waals surface area contributed by atoms with E-state index in [1.165, 1.54) is 36.3 Å². The molecule has 13 heteroatoms. The van der Waals surface area contributed by atoms with E-state index in [1.54, 1.807) is 18.2 Å². The Labute approximate surface area is 292 Å². The smallest absolute Gasteiger partial charge is 0.407 e. The molecule has 4 aliphatic heterocycles. The highest BCUT2D eigenvalue weighted by Gasteiger charge is 2.62. The maximum absolute atomic E-state index is 17.2. The standard InChI is InChI=1S/C38H36F2N6O5/c1-4-26-29(39)8-5-21-9-25(51-19-49-3)11-27(31(21)26)33-32(40)34-28(14-41-33)35(44-16-23-6-7-24(17-44)46(23)37(47)48)43-36(42-34)50-18-38-12-20(2)15-45(38)30-10-22(30)13-38/h1,5,8-9,11,14,22-24,30H,2,6-7,10,12-13,15-19H2,3H3,(H,47,48)/t22-,23-,24+,30-,38?/m0/s1. The number of hydrogen-bond donors (Lipinski definition) is 1. The Kier molecular flexibility index (Phi) is 7.35. The van der Waals surface area contributed by atoms with Crippen LogP contribution < -0.4 is 14.4 Å². The predicted octanol–water partition coefficient (Wildman–Crippen LogP) is 5.59. The largest absolute Gasteiger partial charge is 0.468 e. The number of hydrogen-bond acceptors (Lipinski definition) is 9. The van der Waals surface area contributed by atoms with Gasteiger partial charge in [0.1, 0.15) is 35.2 Å². The first-order valence-corrected chi connectivity index (χ1v) is 17.2. The molecule has 6 heterocycles. The number of rotatable bonds is 8.